The minimum Gasteiger partial charge on any atom is -0.325 e. The molecular formula is C15H15Cl2N3O2. The Morgan fingerprint density at radius 1 is 1.32 bits per heavy atom. The zero-order valence-electron chi connectivity index (χ0n) is 12.2. The molecule has 0 atom stereocenters. The van der Waals surface area contributed by atoms with Gasteiger partial charge in [0.1, 0.15) is 5.82 Å². The molecule has 0 aliphatic carbocycles. The summed E-state index contributed by atoms with van der Waals surface area (Å²) in [5.41, 5.74) is 1.44. The zero-order chi connectivity index (χ0) is 16.3. The topological polar surface area (TPSA) is 74.8 Å². The summed E-state index contributed by atoms with van der Waals surface area (Å²) < 4.78 is 0. The van der Waals surface area contributed by atoms with Crippen LogP contribution in [0.5, 0.6) is 0 Å². The Morgan fingerprint density at radius 2 is 2.05 bits per heavy atom. The third-order valence-corrected chi connectivity index (χ3v) is 3.70. The fraction of sp³-hybridized carbons (Fsp3) is 0.267. The summed E-state index contributed by atoms with van der Waals surface area (Å²) in [6.45, 7) is 3.47. The Labute approximate surface area is 137 Å². The molecule has 2 rings (SSSR count). The summed E-state index contributed by atoms with van der Waals surface area (Å²) in [5.74, 6) is 0.326. The van der Waals surface area contributed by atoms with E-state index in [0.717, 1.165) is 0 Å². The van der Waals surface area contributed by atoms with E-state index in [4.69, 9.17) is 23.2 Å². The van der Waals surface area contributed by atoms with Crippen LogP contribution in [0.15, 0.2) is 23.0 Å². The maximum absolute atomic E-state index is 12.0. The molecule has 1 aromatic carbocycles. The van der Waals surface area contributed by atoms with Gasteiger partial charge < -0.3 is 10.3 Å². The van der Waals surface area contributed by atoms with Crippen molar-refractivity contribution in [1.82, 2.24) is 9.97 Å². The predicted octanol–water partition coefficient (Wildman–Crippen LogP) is 3.26. The van der Waals surface area contributed by atoms with Gasteiger partial charge in [-0.25, -0.2) is 4.98 Å². The number of hydrogen-bond donors (Lipinski definition) is 2. The Hall–Kier alpha value is -1.85. The molecule has 0 radical (unpaired) electrons. The lowest BCUT2D eigenvalue weighted by atomic mass is 10.1. The van der Waals surface area contributed by atoms with Crippen LogP contribution < -0.4 is 10.9 Å². The van der Waals surface area contributed by atoms with Gasteiger partial charge in [-0.05, 0) is 38.5 Å². The number of nitrogens with zero attached hydrogens (tertiary/aromatic N) is 1. The van der Waals surface area contributed by atoms with Crippen molar-refractivity contribution in [3.8, 4) is 0 Å². The van der Waals surface area contributed by atoms with E-state index in [2.05, 4.69) is 15.3 Å². The molecule has 22 heavy (non-hydrogen) atoms. The molecule has 5 nitrogen and oxygen atoms in total. The van der Waals surface area contributed by atoms with Crippen LogP contribution in [0.3, 0.4) is 0 Å². The van der Waals surface area contributed by atoms with Crippen molar-refractivity contribution < 1.29 is 4.79 Å². The maximum atomic E-state index is 12.0. The van der Waals surface area contributed by atoms with E-state index in [-0.39, 0.29) is 17.9 Å². The number of anilines is 1. The first-order valence-corrected chi connectivity index (χ1v) is 7.43. The molecule has 0 fully saturated rings. The molecule has 1 aromatic heterocycles. The number of rotatable bonds is 4. The first-order valence-electron chi connectivity index (χ1n) is 6.68. The number of amides is 1. The van der Waals surface area contributed by atoms with E-state index in [1.165, 1.54) is 0 Å². The van der Waals surface area contributed by atoms with Crippen molar-refractivity contribution in [3.05, 3.63) is 55.7 Å². The number of benzene rings is 1. The number of hydrogen-bond acceptors (Lipinski definition) is 3. The molecule has 7 heteroatoms. The van der Waals surface area contributed by atoms with Crippen LogP contribution in [-0.2, 0) is 11.2 Å². The molecule has 2 N–H and O–H groups in total. The second kappa shape index (κ2) is 6.94. The number of halogens is 2. The minimum absolute atomic E-state index is 0.160. The van der Waals surface area contributed by atoms with Crippen LogP contribution >= 0.6 is 23.2 Å². The average molecular weight is 340 g/mol. The fourth-order valence-electron chi connectivity index (χ4n) is 2.09. The van der Waals surface area contributed by atoms with Gasteiger partial charge in [-0.2, -0.15) is 0 Å². The van der Waals surface area contributed by atoms with Crippen LogP contribution in [-0.4, -0.2) is 15.9 Å². The number of carbonyl (C=O) groups is 1. The average Bonchev–Trinajstić information content (AvgIpc) is 2.40. The van der Waals surface area contributed by atoms with Crippen LogP contribution in [0.4, 0.5) is 5.69 Å². The van der Waals surface area contributed by atoms with Crippen molar-refractivity contribution in [2.45, 2.75) is 26.7 Å². The number of nitrogens with one attached hydrogen (secondary N) is 2. The summed E-state index contributed by atoms with van der Waals surface area (Å²) in [7, 11) is 0. The smallest absolute Gasteiger partial charge is 0.254 e. The van der Waals surface area contributed by atoms with E-state index in [9.17, 15) is 9.59 Å². The van der Waals surface area contributed by atoms with E-state index in [1.54, 1.807) is 32.0 Å². The number of H-pyrrole nitrogens is 1. The van der Waals surface area contributed by atoms with E-state index in [1.807, 2.05) is 0 Å². The Kier molecular flexibility index (Phi) is 5.21. The minimum atomic E-state index is -0.233. The van der Waals surface area contributed by atoms with Crippen LogP contribution in [0, 0.1) is 13.8 Å². The fourth-order valence-corrected chi connectivity index (χ4v) is 2.54. The van der Waals surface area contributed by atoms with E-state index < -0.39 is 0 Å². The SMILES string of the molecule is Cc1nc(C)c(CCC(=O)Nc2ccc(Cl)cc2Cl)c(=O)[nH]1. The van der Waals surface area contributed by atoms with Gasteiger partial charge in [0.25, 0.3) is 5.56 Å². The summed E-state index contributed by atoms with van der Waals surface area (Å²) >= 11 is 11.8. The van der Waals surface area contributed by atoms with Crippen molar-refractivity contribution in [2.75, 3.05) is 5.32 Å². The molecule has 0 unspecified atom stereocenters. The van der Waals surface area contributed by atoms with Crippen molar-refractivity contribution in [3.63, 3.8) is 0 Å². The predicted molar refractivity (Wildman–Crippen MR) is 87.7 cm³/mol. The van der Waals surface area contributed by atoms with Gasteiger partial charge in [-0.1, -0.05) is 23.2 Å². The Balaban J connectivity index is 2.03. The molecule has 116 valence electrons. The maximum Gasteiger partial charge on any atom is 0.254 e. The van der Waals surface area contributed by atoms with Crippen LogP contribution in [0.1, 0.15) is 23.5 Å². The van der Waals surface area contributed by atoms with Crippen molar-refractivity contribution in [2.24, 2.45) is 0 Å². The van der Waals surface area contributed by atoms with Crippen LogP contribution in [0.2, 0.25) is 10.0 Å². The Morgan fingerprint density at radius 3 is 2.68 bits per heavy atom. The lowest BCUT2D eigenvalue weighted by Crippen LogP contribution is -2.20. The van der Waals surface area contributed by atoms with Gasteiger partial charge in [-0.15, -0.1) is 0 Å². The first-order chi connectivity index (χ1) is 10.4. The first kappa shape index (κ1) is 16.5. The van der Waals surface area contributed by atoms with Crippen LogP contribution in [0.25, 0.3) is 0 Å². The molecule has 0 aliphatic rings. The number of aromatic nitrogens is 2. The summed E-state index contributed by atoms with van der Waals surface area (Å²) in [6, 6.07) is 4.83. The van der Waals surface area contributed by atoms with Crippen molar-refractivity contribution in [1.29, 1.82) is 0 Å². The van der Waals surface area contributed by atoms with Crippen molar-refractivity contribution >= 4 is 34.8 Å². The molecule has 0 spiro atoms. The van der Waals surface area contributed by atoms with Gasteiger partial charge in [0.2, 0.25) is 5.91 Å². The lowest BCUT2D eigenvalue weighted by Gasteiger charge is -2.08. The van der Waals surface area contributed by atoms with E-state index in [0.29, 0.717) is 39.2 Å². The summed E-state index contributed by atoms with van der Waals surface area (Å²) in [4.78, 5) is 30.7. The third-order valence-electron chi connectivity index (χ3n) is 3.15. The van der Waals surface area contributed by atoms with Gasteiger partial charge in [0, 0.05) is 22.7 Å². The second-order valence-electron chi connectivity index (χ2n) is 4.89. The van der Waals surface area contributed by atoms with Gasteiger partial charge in [0.05, 0.1) is 10.7 Å². The number of aryl methyl sites for hydroxylation is 2. The highest BCUT2D eigenvalue weighted by atomic mass is 35.5. The molecular weight excluding hydrogens is 325 g/mol. The molecule has 1 heterocycles. The summed E-state index contributed by atoms with van der Waals surface area (Å²) in [5, 5.41) is 3.56. The number of carbonyl (C=O) groups excluding carboxylic acids is 1. The Bertz CT molecular complexity index is 772. The second-order valence-corrected chi connectivity index (χ2v) is 5.73. The monoisotopic (exact) mass is 339 g/mol. The largest absolute Gasteiger partial charge is 0.325 e. The summed E-state index contributed by atoms with van der Waals surface area (Å²) in [6.07, 6.45) is 0.471. The quantitative estimate of drug-likeness (QED) is 0.897. The zero-order valence-corrected chi connectivity index (χ0v) is 13.7. The third kappa shape index (κ3) is 4.08. The number of aromatic amines is 1. The normalized spacial score (nSPS) is 10.5. The van der Waals surface area contributed by atoms with Gasteiger partial charge in [-0.3, -0.25) is 9.59 Å². The molecule has 0 saturated carbocycles. The highest BCUT2D eigenvalue weighted by Crippen LogP contribution is 2.25. The molecule has 0 saturated heterocycles. The molecule has 0 aliphatic heterocycles. The molecule has 0 bridgehead atoms. The molecule has 1 amide bonds. The standard InChI is InChI=1S/C15H15Cl2N3O2/c1-8-11(15(22)19-9(2)18-8)4-6-14(21)20-13-5-3-10(16)7-12(13)17/h3,5,7H,4,6H2,1-2H3,(H,20,21)(H,18,19,22). The highest BCUT2D eigenvalue weighted by molar-refractivity contribution is 6.36. The van der Waals surface area contributed by atoms with Gasteiger partial charge >= 0.3 is 0 Å². The van der Waals surface area contributed by atoms with Gasteiger partial charge in [0.15, 0.2) is 0 Å². The highest BCUT2D eigenvalue weighted by Gasteiger charge is 2.11. The molecule has 2 aromatic rings. The lowest BCUT2D eigenvalue weighted by molar-refractivity contribution is -0.116. The van der Waals surface area contributed by atoms with E-state index >= 15 is 0 Å².